The van der Waals surface area contributed by atoms with Crippen molar-refractivity contribution in [1.82, 2.24) is 9.97 Å². The first-order valence-corrected chi connectivity index (χ1v) is 6.62. The second-order valence-corrected chi connectivity index (χ2v) is 4.88. The highest BCUT2D eigenvalue weighted by Gasteiger charge is 2.28. The molecule has 2 aromatic heterocycles. The van der Waals surface area contributed by atoms with Gasteiger partial charge in [-0.1, -0.05) is 0 Å². The van der Waals surface area contributed by atoms with E-state index in [1.54, 1.807) is 24.7 Å². The Labute approximate surface area is 117 Å². The summed E-state index contributed by atoms with van der Waals surface area (Å²) in [5, 5.41) is 9.28. The zero-order chi connectivity index (χ0) is 13.9. The van der Waals surface area contributed by atoms with Crippen LogP contribution in [0.3, 0.4) is 0 Å². The molecule has 1 aliphatic rings. The standard InChI is InChI=1S/C15H15N5/c16-9-12-8-13(17)10-19-15(12)20-7-1-2-14(20)11-3-5-18-6-4-11/h3-6,8,10,14H,1-2,7,17H2. The first-order valence-electron chi connectivity index (χ1n) is 6.62. The Morgan fingerprint density at radius 1 is 1.35 bits per heavy atom. The van der Waals surface area contributed by atoms with Gasteiger partial charge in [0.05, 0.1) is 23.5 Å². The molecule has 5 nitrogen and oxygen atoms in total. The van der Waals surface area contributed by atoms with Gasteiger partial charge in [-0.25, -0.2) is 4.98 Å². The molecule has 100 valence electrons. The molecule has 3 heterocycles. The average Bonchev–Trinajstić information content (AvgIpc) is 2.97. The molecule has 0 aliphatic carbocycles. The molecule has 0 aromatic carbocycles. The van der Waals surface area contributed by atoms with Crippen LogP contribution < -0.4 is 10.6 Å². The third-order valence-electron chi connectivity index (χ3n) is 3.62. The van der Waals surface area contributed by atoms with Gasteiger partial charge in [-0.05, 0) is 36.6 Å². The molecule has 2 aromatic rings. The average molecular weight is 265 g/mol. The molecule has 1 unspecified atom stereocenters. The SMILES string of the molecule is N#Cc1cc(N)cnc1N1CCCC1c1ccncc1. The predicted molar refractivity (Wildman–Crippen MR) is 76.9 cm³/mol. The maximum absolute atomic E-state index is 9.28. The molecule has 20 heavy (non-hydrogen) atoms. The van der Waals surface area contributed by atoms with Crippen LogP contribution in [0.15, 0.2) is 36.8 Å². The highest BCUT2D eigenvalue weighted by molar-refractivity contribution is 5.60. The molecule has 0 saturated carbocycles. The van der Waals surface area contributed by atoms with Crippen molar-refractivity contribution in [2.24, 2.45) is 0 Å². The Balaban J connectivity index is 1.99. The van der Waals surface area contributed by atoms with Crippen molar-refractivity contribution in [3.63, 3.8) is 0 Å². The van der Waals surface area contributed by atoms with Crippen LogP contribution in [0.2, 0.25) is 0 Å². The Kier molecular flexibility index (Phi) is 3.21. The number of hydrogen-bond acceptors (Lipinski definition) is 5. The molecule has 1 aliphatic heterocycles. The van der Waals surface area contributed by atoms with Crippen molar-refractivity contribution in [3.05, 3.63) is 47.9 Å². The molecule has 1 saturated heterocycles. The monoisotopic (exact) mass is 265 g/mol. The summed E-state index contributed by atoms with van der Waals surface area (Å²) in [4.78, 5) is 10.6. The lowest BCUT2D eigenvalue weighted by molar-refractivity contribution is 0.709. The number of pyridine rings is 2. The minimum atomic E-state index is 0.251. The maximum atomic E-state index is 9.28. The number of hydrogen-bond donors (Lipinski definition) is 1. The molecule has 0 spiro atoms. The smallest absolute Gasteiger partial charge is 0.147 e. The molecular formula is C15H15N5. The molecule has 2 N–H and O–H groups in total. The van der Waals surface area contributed by atoms with Crippen LogP contribution in [0.25, 0.3) is 0 Å². The predicted octanol–water partition coefficient (Wildman–Crippen LogP) is 2.27. The summed E-state index contributed by atoms with van der Waals surface area (Å²) in [7, 11) is 0. The normalized spacial score (nSPS) is 17.9. The number of nitrogens with two attached hydrogens (primary N) is 1. The topological polar surface area (TPSA) is 78.8 Å². The summed E-state index contributed by atoms with van der Waals surface area (Å²) in [5.41, 5.74) is 7.97. The Morgan fingerprint density at radius 2 is 2.15 bits per heavy atom. The molecule has 1 fully saturated rings. The first kappa shape index (κ1) is 12.4. The second-order valence-electron chi connectivity index (χ2n) is 4.88. The van der Waals surface area contributed by atoms with E-state index in [9.17, 15) is 5.26 Å². The van der Waals surface area contributed by atoms with Gasteiger partial charge in [-0.2, -0.15) is 5.26 Å². The third-order valence-corrected chi connectivity index (χ3v) is 3.62. The van der Waals surface area contributed by atoms with Gasteiger partial charge in [0.25, 0.3) is 0 Å². The summed E-state index contributed by atoms with van der Waals surface area (Å²) < 4.78 is 0. The molecule has 1 atom stereocenters. The largest absolute Gasteiger partial charge is 0.397 e. The lowest BCUT2D eigenvalue weighted by atomic mass is 10.1. The quantitative estimate of drug-likeness (QED) is 0.901. The number of aromatic nitrogens is 2. The lowest BCUT2D eigenvalue weighted by Gasteiger charge is -2.26. The van der Waals surface area contributed by atoms with E-state index >= 15 is 0 Å². The van der Waals surface area contributed by atoms with Crippen molar-refractivity contribution in [2.45, 2.75) is 18.9 Å². The van der Waals surface area contributed by atoms with E-state index < -0.39 is 0 Å². The van der Waals surface area contributed by atoms with Crippen LogP contribution in [-0.4, -0.2) is 16.5 Å². The maximum Gasteiger partial charge on any atom is 0.147 e. The summed E-state index contributed by atoms with van der Waals surface area (Å²) in [6, 6.07) is 8.17. The number of nitrogen functional groups attached to an aromatic ring is 1. The van der Waals surface area contributed by atoms with E-state index in [0.717, 1.165) is 25.2 Å². The molecule has 0 radical (unpaired) electrons. The van der Waals surface area contributed by atoms with Gasteiger partial charge in [0.1, 0.15) is 11.9 Å². The lowest BCUT2D eigenvalue weighted by Crippen LogP contribution is -2.24. The van der Waals surface area contributed by atoms with Gasteiger partial charge in [0.2, 0.25) is 0 Å². The minimum Gasteiger partial charge on any atom is -0.397 e. The first-order chi connectivity index (χ1) is 9.79. The van der Waals surface area contributed by atoms with E-state index in [4.69, 9.17) is 5.73 Å². The molecule has 0 bridgehead atoms. The van der Waals surface area contributed by atoms with Crippen LogP contribution in [-0.2, 0) is 0 Å². The van der Waals surface area contributed by atoms with Gasteiger partial charge in [-0.3, -0.25) is 4.98 Å². The van der Waals surface area contributed by atoms with Gasteiger partial charge in [0.15, 0.2) is 0 Å². The van der Waals surface area contributed by atoms with Crippen molar-refractivity contribution < 1.29 is 0 Å². The van der Waals surface area contributed by atoms with E-state index in [-0.39, 0.29) is 6.04 Å². The fourth-order valence-corrected chi connectivity index (χ4v) is 2.74. The van der Waals surface area contributed by atoms with Crippen LogP contribution in [0.4, 0.5) is 11.5 Å². The fraction of sp³-hybridized carbons (Fsp3) is 0.267. The van der Waals surface area contributed by atoms with Crippen molar-refractivity contribution in [3.8, 4) is 6.07 Å². The van der Waals surface area contributed by atoms with Gasteiger partial charge >= 0.3 is 0 Å². The zero-order valence-electron chi connectivity index (χ0n) is 11.0. The van der Waals surface area contributed by atoms with Crippen LogP contribution in [0, 0.1) is 11.3 Å². The highest BCUT2D eigenvalue weighted by Crippen LogP contribution is 2.36. The number of nitriles is 1. The Hall–Kier alpha value is -2.61. The summed E-state index contributed by atoms with van der Waals surface area (Å²) in [6.45, 7) is 0.901. The van der Waals surface area contributed by atoms with Crippen molar-refractivity contribution in [2.75, 3.05) is 17.2 Å². The van der Waals surface area contributed by atoms with Crippen LogP contribution >= 0.6 is 0 Å². The molecule has 5 heteroatoms. The number of nitrogens with zero attached hydrogens (tertiary/aromatic N) is 4. The number of rotatable bonds is 2. The zero-order valence-corrected chi connectivity index (χ0v) is 11.0. The van der Waals surface area contributed by atoms with Crippen LogP contribution in [0.1, 0.15) is 30.0 Å². The van der Waals surface area contributed by atoms with Crippen molar-refractivity contribution >= 4 is 11.5 Å². The van der Waals surface area contributed by atoms with Gasteiger partial charge in [-0.15, -0.1) is 0 Å². The second kappa shape index (κ2) is 5.17. The van der Waals surface area contributed by atoms with E-state index in [2.05, 4.69) is 20.9 Å². The molecule has 0 amide bonds. The van der Waals surface area contributed by atoms with E-state index in [0.29, 0.717) is 11.3 Å². The van der Waals surface area contributed by atoms with Crippen molar-refractivity contribution in [1.29, 1.82) is 5.26 Å². The molecule has 3 rings (SSSR count). The summed E-state index contributed by atoms with van der Waals surface area (Å²) in [5.74, 6) is 0.723. The van der Waals surface area contributed by atoms with E-state index in [1.165, 1.54) is 5.56 Å². The number of anilines is 2. The minimum absolute atomic E-state index is 0.251. The highest BCUT2D eigenvalue weighted by atomic mass is 15.2. The Bertz CT molecular complexity index is 647. The Morgan fingerprint density at radius 3 is 2.90 bits per heavy atom. The van der Waals surface area contributed by atoms with Gasteiger partial charge < -0.3 is 10.6 Å². The van der Waals surface area contributed by atoms with E-state index in [1.807, 2.05) is 12.1 Å². The third kappa shape index (κ3) is 2.16. The fourth-order valence-electron chi connectivity index (χ4n) is 2.74. The van der Waals surface area contributed by atoms with Gasteiger partial charge in [0, 0.05) is 18.9 Å². The van der Waals surface area contributed by atoms with Crippen LogP contribution in [0.5, 0.6) is 0 Å². The summed E-state index contributed by atoms with van der Waals surface area (Å²) in [6.07, 6.45) is 7.35. The summed E-state index contributed by atoms with van der Waals surface area (Å²) >= 11 is 0. The molecular weight excluding hydrogens is 250 g/mol.